The number of carbonyl (C=O) groups excluding carboxylic acids is 1. The predicted molar refractivity (Wildman–Crippen MR) is 65.5 cm³/mol. The average molecular weight is 252 g/mol. The number of rotatable bonds is 4. The molecule has 0 saturated carbocycles. The highest BCUT2D eigenvalue weighted by atomic mass is 16.4. The van der Waals surface area contributed by atoms with Gasteiger partial charge in [-0.2, -0.15) is 0 Å². The number of carboxylic acid groups (broad SMARTS) is 1. The molecule has 0 bridgehead atoms. The summed E-state index contributed by atoms with van der Waals surface area (Å²) >= 11 is 0. The highest BCUT2D eigenvalue weighted by Crippen LogP contribution is 2.16. The van der Waals surface area contributed by atoms with Crippen molar-refractivity contribution in [3.63, 3.8) is 0 Å². The maximum absolute atomic E-state index is 12.2. The number of hydrogen-bond acceptors (Lipinski definition) is 3. The van der Waals surface area contributed by atoms with Crippen LogP contribution in [0, 0.1) is 0 Å². The summed E-state index contributed by atoms with van der Waals surface area (Å²) in [5.74, 6) is -1.61. The van der Waals surface area contributed by atoms with Crippen LogP contribution < -0.4 is 5.56 Å². The summed E-state index contributed by atoms with van der Waals surface area (Å²) < 4.78 is 0. The molecule has 0 unspecified atom stereocenters. The molecule has 0 saturated heterocycles. The molecule has 0 atom stereocenters. The zero-order chi connectivity index (χ0) is 13.9. The molecule has 0 aromatic carbocycles. The van der Waals surface area contributed by atoms with Crippen molar-refractivity contribution in [2.24, 2.45) is 0 Å². The van der Waals surface area contributed by atoms with Crippen molar-refractivity contribution in [2.75, 3.05) is 6.54 Å². The van der Waals surface area contributed by atoms with Gasteiger partial charge < -0.3 is 15.0 Å². The number of aliphatic carboxylic acids is 1. The molecule has 0 aliphatic carbocycles. The maximum Gasteiger partial charge on any atom is 0.329 e. The molecule has 1 amide bonds. The van der Waals surface area contributed by atoms with Gasteiger partial charge in [-0.05, 0) is 26.8 Å². The van der Waals surface area contributed by atoms with E-state index in [1.54, 1.807) is 6.92 Å². The van der Waals surface area contributed by atoms with Gasteiger partial charge in [-0.15, -0.1) is 0 Å². The van der Waals surface area contributed by atoms with Gasteiger partial charge >= 0.3 is 5.97 Å². The SMILES string of the molecule is CCN(C(=O)c1cccc(=O)[nH]1)C(C)(C)C(=O)O. The minimum absolute atomic E-state index is 0.0821. The number of nitrogens with zero attached hydrogens (tertiary/aromatic N) is 1. The molecule has 18 heavy (non-hydrogen) atoms. The van der Waals surface area contributed by atoms with Gasteiger partial charge in [0.25, 0.3) is 5.91 Å². The molecule has 0 aliphatic heterocycles. The Morgan fingerprint density at radius 1 is 1.39 bits per heavy atom. The minimum atomic E-state index is -1.33. The molecule has 0 fully saturated rings. The molecule has 1 aromatic heterocycles. The maximum atomic E-state index is 12.2. The van der Waals surface area contributed by atoms with E-state index in [1.807, 2.05) is 0 Å². The molecule has 2 N–H and O–H groups in total. The van der Waals surface area contributed by atoms with Crippen molar-refractivity contribution >= 4 is 11.9 Å². The Morgan fingerprint density at radius 3 is 2.44 bits per heavy atom. The summed E-state index contributed by atoms with van der Waals surface area (Å²) in [6.45, 7) is 4.80. The van der Waals surface area contributed by atoms with Crippen molar-refractivity contribution in [3.8, 4) is 0 Å². The Labute approximate surface area is 104 Å². The summed E-state index contributed by atoms with van der Waals surface area (Å²) in [6.07, 6.45) is 0. The molecule has 1 aromatic rings. The Balaban J connectivity index is 3.15. The van der Waals surface area contributed by atoms with Crippen LogP contribution in [0.1, 0.15) is 31.3 Å². The highest BCUT2D eigenvalue weighted by molar-refractivity contribution is 5.96. The molecule has 0 radical (unpaired) electrons. The second kappa shape index (κ2) is 5.03. The van der Waals surface area contributed by atoms with Crippen LogP contribution in [0.25, 0.3) is 0 Å². The third kappa shape index (κ3) is 2.58. The van der Waals surface area contributed by atoms with E-state index in [2.05, 4.69) is 4.98 Å². The quantitative estimate of drug-likeness (QED) is 0.825. The van der Waals surface area contributed by atoms with E-state index >= 15 is 0 Å². The largest absolute Gasteiger partial charge is 0.480 e. The third-order valence-electron chi connectivity index (χ3n) is 2.76. The predicted octanol–water partition coefficient (Wildman–Crippen LogP) is 0.700. The summed E-state index contributed by atoms with van der Waals surface area (Å²) in [4.78, 5) is 38.1. The van der Waals surface area contributed by atoms with E-state index in [1.165, 1.54) is 36.9 Å². The summed E-state index contributed by atoms with van der Waals surface area (Å²) in [7, 11) is 0. The summed E-state index contributed by atoms with van der Waals surface area (Å²) in [5.41, 5.74) is -1.65. The first-order valence-corrected chi connectivity index (χ1v) is 5.55. The van der Waals surface area contributed by atoms with Crippen molar-refractivity contribution < 1.29 is 14.7 Å². The lowest BCUT2D eigenvalue weighted by molar-refractivity contribution is -0.147. The fourth-order valence-electron chi connectivity index (χ4n) is 1.63. The number of likely N-dealkylation sites (N-methyl/N-ethyl adjacent to an activating group) is 1. The van der Waals surface area contributed by atoms with E-state index in [-0.39, 0.29) is 12.2 Å². The van der Waals surface area contributed by atoms with Crippen LogP contribution in [0.5, 0.6) is 0 Å². The van der Waals surface area contributed by atoms with Gasteiger partial charge in [0.05, 0.1) is 0 Å². The van der Waals surface area contributed by atoms with Gasteiger partial charge in [0.2, 0.25) is 5.56 Å². The van der Waals surface area contributed by atoms with Crippen LogP contribution in [-0.2, 0) is 4.79 Å². The Bertz CT molecular complexity index is 519. The zero-order valence-corrected chi connectivity index (χ0v) is 10.6. The van der Waals surface area contributed by atoms with Gasteiger partial charge in [0.1, 0.15) is 11.2 Å². The number of carboxylic acids is 1. The first kappa shape index (κ1) is 14.0. The van der Waals surface area contributed by atoms with E-state index < -0.39 is 23.0 Å². The summed E-state index contributed by atoms with van der Waals surface area (Å²) in [6, 6.07) is 4.19. The van der Waals surface area contributed by atoms with Crippen LogP contribution in [0.3, 0.4) is 0 Å². The molecule has 6 nitrogen and oxygen atoms in total. The summed E-state index contributed by atoms with van der Waals surface area (Å²) in [5, 5.41) is 9.13. The van der Waals surface area contributed by atoms with Gasteiger partial charge in [-0.25, -0.2) is 4.79 Å². The molecular formula is C12H16N2O4. The van der Waals surface area contributed by atoms with Crippen molar-refractivity contribution in [3.05, 3.63) is 34.2 Å². The number of carbonyl (C=O) groups is 2. The molecule has 1 rings (SSSR count). The number of amides is 1. The van der Waals surface area contributed by atoms with Crippen LogP contribution >= 0.6 is 0 Å². The van der Waals surface area contributed by atoms with Crippen molar-refractivity contribution in [2.45, 2.75) is 26.3 Å². The fraction of sp³-hybridized carbons (Fsp3) is 0.417. The normalized spacial score (nSPS) is 11.1. The minimum Gasteiger partial charge on any atom is -0.480 e. The highest BCUT2D eigenvalue weighted by Gasteiger charge is 2.37. The van der Waals surface area contributed by atoms with Crippen LogP contribution in [0.15, 0.2) is 23.0 Å². The Kier molecular flexibility index (Phi) is 3.90. The van der Waals surface area contributed by atoms with Gasteiger partial charge in [-0.1, -0.05) is 6.07 Å². The van der Waals surface area contributed by atoms with Crippen molar-refractivity contribution in [1.82, 2.24) is 9.88 Å². The van der Waals surface area contributed by atoms with Gasteiger partial charge in [0.15, 0.2) is 0 Å². The number of nitrogens with one attached hydrogen (secondary N) is 1. The van der Waals surface area contributed by atoms with Crippen LogP contribution in [0.4, 0.5) is 0 Å². The van der Waals surface area contributed by atoms with Gasteiger partial charge in [-0.3, -0.25) is 9.59 Å². The number of hydrogen-bond donors (Lipinski definition) is 2. The third-order valence-corrected chi connectivity index (χ3v) is 2.76. The second-order valence-corrected chi connectivity index (χ2v) is 4.34. The number of aromatic nitrogens is 1. The molecule has 0 aliphatic rings. The first-order chi connectivity index (χ1) is 8.30. The van der Waals surface area contributed by atoms with E-state index in [9.17, 15) is 14.4 Å². The lowest BCUT2D eigenvalue weighted by Crippen LogP contribution is -2.53. The van der Waals surface area contributed by atoms with Gasteiger partial charge in [0, 0.05) is 12.6 Å². The van der Waals surface area contributed by atoms with E-state index in [0.29, 0.717) is 0 Å². The molecule has 6 heteroatoms. The lowest BCUT2D eigenvalue weighted by Gasteiger charge is -2.34. The smallest absolute Gasteiger partial charge is 0.329 e. The molecular weight excluding hydrogens is 236 g/mol. The molecule has 98 valence electrons. The van der Waals surface area contributed by atoms with E-state index in [4.69, 9.17) is 5.11 Å². The zero-order valence-electron chi connectivity index (χ0n) is 10.6. The standard InChI is InChI=1S/C12H16N2O4/c1-4-14(12(2,3)11(17)18)10(16)8-6-5-7-9(15)13-8/h5-7H,4H2,1-3H3,(H,13,15)(H,17,18). The van der Waals surface area contributed by atoms with E-state index in [0.717, 1.165) is 0 Å². The Morgan fingerprint density at radius 2 is 2.00 bits per heavy atom. The number of aromatic amines is 1. The topological polar surface area (TPSA) is 90.5 Å². The van der Waals surface area contributed by atoms with Crippen molar-refractivity contribution in [1.29, 1.82) is 0 Å². The average Bonchev–Trinajstić information content (AvgIpc) is 2.29. The fourth-order valence-corrected chi connectivity index (χ4v) is 1.63. The van der Waals surface area contributed by atoms with Crippen LogP contribution in [0.2, 0.25) is 0 Å². The number of pyridine rings is 1. The first-order valence-electron chi connectivity index (χ1n) is 5.55. The van der Waals surface area contributed by atoms with Crippen LogP contribution in [-0.4, -0.2) is 39.0 Å². The number of H-pyrrole nitrogens is 1. The molecule has 0 spiro atoms. The second-order valence-electron chi connectivity index (χ2n) is 4.34. The lowest BCUT2D eigenvalue weighted by atomic mass is 10.0. The molecule has 1 heterocycles. The Hall–Kier alpha value is -2.11. The monoisotopic (exact) mass is 252 g/mol.